The number of rotatable bonds is 1. The first-order chi connectivity index (χ1) is 16.4. The van der Waals surface area contributed by atoms with Crippen LogP contribution in [0.5, 0.6) is 11.5 Å². The number of aromatic hydroxyl groups is 1. The highest BCUT2D eigenvalue weighted by molar-refractivity contribution is 6.31. The Morgan fingerprint density at radius 1 is 1.06 bits per heavy atom. The predicted molar refractivity (Wildman–Crippen MR) is 123 cm³/mol. The van der Waals surface area contributed by atoms with Gasteiger partial charge >= 0.3 is 0 Å². The molecule has 2 aromatic rings. The highest BCUT2D eigenvalue weighted by atomic mass is 16.5. The van der Waals surface area contributed by atoms with E-state index in [0.717, 1.165) is 5.56 Å². The van der Waals surface area contributed by atoms with Crippen LogP contribution in [-0.4, -0.2) is 54.1 Å². The van der Waals surface area contributed by atoms with Gasteiger partial charge in [-0.2, -0.15) is 0 Å². The molecule has 6 heteroatoms. The summed E-state index contributed by atoms with van der Waals surface area (Å²) in [5.41, 5.74) is 1.33. The first-order valence-electron chi connectivity index (χ1n) is 11.6. The van der Waals surface area contributed by atoms with Crippen LogP contribution in [0.4, 0.5) is 0 Å². The fraction of sp³-hybridized carbons (Fsp3) is 0.321. The van der Waals surface area contributed by atoms with E-state index < -0.39 is 16.7 Å². The Morgan fingerprint density at radius 2 is 1.79 bits per heavy atom. The fourth-order valence-corrected chi connectivity index (χ4v) is 7.95. The Bertz CT molecular complexity index is 1430. The van der Waals surface area contributed by atoms with Gasteiger partial charge in [0, 0.05) is 44.7 Å². The summed E-state index contributed by atoms with van der Waals surface area (Å²) in [4.78, 5) is 44.0. The number of benzene rings is 2. The summed E-state index contributed by atoms with van der Waals surface area (Å²) < 4.78 is 5.46. The van der Waals surface area contributed by atoms with Crippen LogP contribution in [0.1, 0.15) is 38.3 Å². The average molecular weight is 453 g/mol. The van der Waals surface area contributed by atoms with E-state index in [1.165, 1.54) is 7.11 Å². The van der Waals surface area contributed by atoms with Crippen molar-refractivity contribution in [2.75, 3.05) is 20.7 Å². The second-order valence-corrected chi connectivity index (χ2v) is 10.1. The number of phenols is 1. The summed E-state index contributed by atoms with van der Waals surface area (Å²) in [6, 6.07) is 10.5. The van der Waals surface area contributed by atoms with Crippen molar-refractivity contribution >= 4 is 17.3 Å². The number of likely N-dealkylation sites (N-methyl/N-ethyl adjacent to an activating group) is 1. The van der Waals surface area contributed by atoms with Crippen molar-refractivity contribution in [3.05, 3.63) is 82.0 Å². The van der Waals surface area contributed by atoms with E-state index in [0.29, 0.717) is 53.0 Å². The van der Waals surface area contributed by atoms with E-state index in [9.17, 15) is 19.5 Å². The van der Waals surface area contributed by atoms with Crippen molar-refractivity contribution in [2.24, 2.45) is 11.3 Å². The number of Topliss-reactive ketones (excluding diaryl/α,β-unsaturated/α-hetero) is 2. The zero-order chi connectivity index (χ0) is 23.6. The van der Waals surface area contributed by atoms with Gasteiger partial charge in [0.15, 0.2) is 28.8 Å². The first-order valence-corrected chi connectivity index (χ1v) is 11.6. The Hall–Kier alpha value is -3.51. The van der Waals surface area contributed by atoms with Gasteiger partial charge in [-0.05, 0) is 44.1 Å². The van der Waals surface area contributed by atoms with Gasteiger partial charge in [-0.25, -0.2) is 0 Å². The Balaban J connectivity index is 1.64. The van der Waals surface area contributed by atoms with Gasteiger partial charge in [-0.1, -0.05) is 36.4 Å². The molecular weight excluding hydrogens is 430 g/mol. The summed E-state index contributed by atoms with van der Waals surface area (Å²) in [6.07, 6.45) is 4.59. The number of ketones is 3. The molecule has 4 aliphatic carbocycles. The second-order valence-electron chi connectivity index (χ2n) is 10.1. The maximum absolute atomic E-state index is 14.1. The lowest BCUT2D eigenvalue weighted by Crippen LogP contribution is -2.68. The van der Waals surface area contributed by atoms with Crippen LogP contribution >= 0.6 is 0 Å². The van der Waals surface area contributed by atoms with Crippen LogP contribution < -0.4 is 4.74 Å². The number of methoxy groups -OCH3 is 1. The minimum absolute atomic E-state index is 0.0118. The summed E-state index contributed by atoms with van der Waals surface area (Å²) in [5.74, 6) is -1.07. The molecular formula is C28H23NO5. The predicted octanol–water partition coefficient (Wildman–Crippen LogP) is 3.03. The molecule has 170 valence electrons. The molecule has 5 aliphatic rings. The van der Waals surface area contributed by atoms with Crippen molar-refractivity contribution in [3.63, 3.8) is 0 Å². The van der Waals surface area contributed by atoms with Crippen LogP contribution in [0.3, 0.4) is 0 Å². The van der Waals surface area contributed by atoms with Crippen LogP contribution in [0.25, 0.3) is 0 Å². The summed E-state index contributed by atoms with van der Waals surface area (Å²) in [6.45, 7) is 0.690. The number of hydrogen-bond acceptors (Lipinski definition) is 6. The molecule has 6 nitrogen and oxygen atoms in total. The molecule has 4 bridgehead atoms. The van der Waals surface area contributed by atoms with E-state index in [-0.39, 0.29) is 29.1 Å². The van der Waals surface area contributed by atoms with E-state index in [2.05, 4.69) is 4.90 Å². The van der Waals surface area contributed by atoms with Gasteiger partial charge in [0.05, 0.1) is 13.0 Å². The maximum atomic E-state index is 14.1. The van der Waals surface area contributed by atoms with Crippen molar-refractivity contribution in [1.82, 2.24) is 4.90 Å². The van der Waals surface area contributed by atoms with Crippen LogP contribution in [0.15, 0.2) is 59.7 Å². The topological polar surface area (TPSA) is 83.9 Å². The third kappa shape index (κ3) is 1.86. The zero-order valence-electron chi connectivity index (χ0n) is 18.9. The molecule has 0 radical (unpaired) electrons. The minimum atomic E-state index is -0.916. The molecule has 4 unspecified atom stereocenters. The number of hydrogen-bond donors (Lipinski definition) is 1. The standard InChI is InChI=1S/C28H23NO5/c1-29-12-11-28-21-14(7-8-18(34-2)26(21)33)13-19(29)27(28)10-9-17(30)22(28)20-23(27)25(32)16-6-4-3-5-15(16)24(20)31/h3-10,19,22,33H,11-13H2,1-2H3. The molecule has 0 saturated carbocycles. The monoisotopic (exact) mass is 453 g/mol. The average Bonchev–Trinajstić information content (AvgIpc) is 3.04. The third-order valence-electron chi connectivity index (χ3n) is 9.11. The van der Waals surface area contributed by atoms with E-state index in [1.54, 1.807) is 36.4 Å². The molecule has 1 heterocycles. The maximum Gasteiger partial charge on any atom is 0.191 e. The Kier molecular flexibility index (Phi) is 3.59. The van der Waals surface area contributed by atoms with Gasteiger partial charge in [0.1, 0.15) is 0 Å². The number of carbonyl (C=O) groups excluding carboxylic acids is 3. The number of piperidine rings is 1. The van der Waals surface area contributed by atoms with Crippen LogP contribution in [0.2, 0.25) is 0 Å². The van der Waals surface area contributed by atoms with Crippen LogP contribution in [0, 0.1) is 11.3 Å². The lowest BCUT2D eigenvalue weighted by atomic mass is 9.43. The fourth-order valence-electron chi connectivity index (χ4n) is 7.95. The number of carbonyl (C=O) groups is 3. The number of allylic oxidation sites excluding steroid dienone is 2. The van der Waals surface area contributed by atoms with Crippen molar-refractivity contribution in [3.8, 4) is 11.5 Å². The molecule has 1 saturated heterocycles. The van der Waals surface area contributed by atoms with Crippen molar-refractivity contribution in [1.29, 1.82) is 0 Å². The Labute approximate surface area is 196 Å². The summed E-state index contributed by atoms with van der Waals surface area (Å²) in [7, 11) is 3.54. The first kappa shape index (κ1) is 19.9. The quantitative estimate of drug-likeness (QED) is 0.715. The van der Waals surface area contributed by atoms with Gasteiger partial charge < -0.3 is 14.7 Å². The number of nitrogens with zero attached hydrogens (tertiary/aromatic N) is 1. The van der Waals surface area contributed by atoms with Gasteiger partial charge in [0.2, 0.25) is 0 Å². The molecule has 4 atom stereocenters. The molecule has 0 aromatic heterocycles. The number of likely N-dealkylation sites (tertiary alicyclic amines) is 1. The van der Waals surface area contributed by atoms with Gasteiger partial charge in [-0.3, -0.25) is 14.4 Å². The lowest BCUT2D eigenvalue weighted by molar-refractivity contribution is -0.123. The molecule has 0 spiro atoms. The minimum Gasteiger partial charge on any atom is -0.504 e. The summed E-state index contributed by atoms with van der Waals surface area (Å²) in [5, 5.41) is 11.5. The smallest absolute Gasteiger partial charge is 0.191 e. The highest BCUT2D eigenvalue weighted by Crippen LogP contribution is 2.73. The Morgan fingerprint density at radius 3 is 2.53 bits per heavy atom. The zero-order valence-corrected chi connectivity index (χ0v) is 18.9. The van der Waals surface area contributed by atoms with E-state index >= 15 is 0 Å². The molecule has 1 fully saturated rings. The second kappa shape index (κ2) is 6.13. The summed E-state index contributed by atoms with van der Waals surface area (Å²) >= 11 is 0. The highest BCUT2D eigenvalue weighted by Gasteiger charge is 2.76. The molecule has 1 N–H and O–H groups in total. The van der Waals surface area contributed by atoms with E-state index in [4.69, 9.17) is 4.74 Å². The third-order valence-corrected chi connectivity index (χ3v) is 9.11. The molecule has 7 rings (SSSR count). The van der Waals surface area contributed by atoms with Crippen LogP contribution in [-0.2, 0) is 16.6 Å². The van der Waals surface area contributed by atoms with Gasteiger partial charge in [0.25, 0.3) is 0 Å². The molecule has 34 heavy (non-hydrogen) atoms. The number of ether oxygens (including phenoxy) is 1. The normalized spacial score (nSPS) is 32.8. The van der Waals surface area contributed by atoms with E-state index in [1.807, 2.05) is 19.2 Å². The largest absolute Gasteiger partial charge is 0.504 e. The number of phenolic OH excluding ortho intramolecular Hbond substituents is 1. The van der Waals surface area contributed by atoms with Crippen molar-refractivity contribution in [2.45, 2.75) is 24.3 Å². The molecule has 2 aromatic carbocycles. The van der Waals surface area contributed by atoms with Gasteiger partial charge in [-0.15, -0.1) is 0 Å². The lowest BCUT2D eigenvalue weighted by Gasteiger charge is -2.63. The molecule has 0 amide bonds. The number of fused-ring (bicyclic) bond motifs is 3. The van der Waals surface area contributed by atoms with Crippen molar-refractivity contribution < 1.29 is 24.2 Å². The molecule has 1 aliphatic heterocycles. The SMILES string of the molecule is COc1ccc2c(c1O)C13CCN(C)C(C2)C12C=CC(=O)C3C1=C2C(=O)c2ccccc2C1=O.